The third kappa shape index (κ3) is 3.00. The fraction of sp³-hybridized carbons (Fsp3) is 0.364. The lowest BCUT2D eigenvalue weighted by Gasteiger charge is -2.59. The standard InChI is InChI=1S/C22H22ClN5O2/c23-18-9-16-17(3-5-25-20(16)27-18)26-13-22-11-21(12-22,4-8-30-22)14-29-15-1-2-19-24-6-7-28(19)10-15/h1-3,5-7,9-10H,4,8,11-14H2,(H2,25,26,27). The van der Waals surface area contributed by atoms with E-state index in [9.17, 15) is 0 Å². The molecule has 4 aromatic heterocycles. The topological polar surface area (TPSA) is 76.5 Å². The average Bonchev–Trinajstić information content (AvgIpc) is 3.35. The highest BCUT2D eigenvalue weighted by Gasteiger charge is 2.58. The van der Waals surface area contributed by atoms with Gasteiger partial charge in [0.15, 0.2) is 0 Å². The van der Waals surface area contributed by atoms with E-state index in [-0.39, 0.29) is 11.0 Å². The predicted molar refractivity (Wildman–Crippen MR) is 115 cm³/mol. The molecule has 6 heterocycles. The predicted octanol–water partition coefficient (Wildman–Crippen LogP) is 4.29. The van der Waals surface area contributed by atoms with Crippen LogP contribution < -0.4 is 10.1 Å². The molecular formula is C22H22ClN5O2. The molecule has 4 aromatic rings. The molecule has 0 atom stereocenters. The lowest BCUT2D eigenvalue weighted by Crippen LogP contribution is -2.63. The van der Waals surface area contributed by atoms with Crippen LogP contribution in [-0.4, -0.2) is 44.7 Å². The molecule has 0 radical (unpaired) electrons. The number of H-pyrrole nitrogens is 1. The molecule has 1 aliphatic carbocycles. The third-order valence-corrected chi connectivity index (χ3v) is 6.65. The van der Waals surface area contributed by atoms with E-state index in [1.807, 2.05) is 41.1 Å². The van der Waals surface area contributed by atoms with E-state index in [0.717, 1.165) is 60.5 Å². The number of nitrogens with one attached hydrogen (secondary N) is 2. The van der Waals surface area contributed by atoms with Crippen LogP contribution in [0.15, 0.2) is 49.1 Å². The maximum absolute atomic E-state index is 6.21. The van der Waals surface area contributed by atoms with E-state index in [2.05, 4.69) is 20.3 Å². The first-order chi connectivity index (χ1) is 14.6. The summed E-state index contributed by atoms with van der Waals surface area (Å²) in [4.78, 5) is 11.7. The Morgan fingerprint density at radius 2 is 2.17 bits per heavy atom. The van der Waals surface area contributed by atoms with Crippen LogP contribution in [0, 0.1) is 5.41 Å². The van der Waals surface area contributed by atoms with Gasteiger partial charge in [-0.3, -0.25) is 0 Å². The van der Waals surface area contributed by atoms with Crippen molar-refractivity contribution < 1.29 is 9.47 Å². The lowest BCUT2D eigenvalue weighted by atomic mass is 9.56. The van der Waals surface area contributed by atoms with E-state index < -0.39 is 0 Å². The minimum atomic E-state index is -0.133. The number of halogens is 1. The van der Waals surface area contributed by atoms with Gasteiger partial charge in [0.1, 0.15) is 22.2 Å². The number of ether oxygens (including phenoxy) is 2. The minimum Gasteiger partial charge on any atom is -0.491 e. The number of rotatable bonds is 6. The highest BCUT2D eigenvalue weighted by Crippen LogP contribution is 2.56. The fourth-order valence-corrected chi connectivity index (χ4v) is 5.25. The summed E-state index contributed by atoms with van der Waals surface area (Å²) >= 11 is 6.10. The molecule has 7 rings (SSSR count). The van der Waals surface area contributed by atoms with E-state index in [1.54, 1.807) is 12.4 Å². The summed E-state index contributed by atoms with van der Waals surface area (Å²) in [6, 6.07) is 7.85. The van der Waals surface area contributed by atoms with Gasteiger partial charge in [0.05, 0.1) is 18.4 Å². The summed E-state index contributed by atoms with van der Waals surface area (Å²) in [6.45, 7) is 2.25. The number of anilines is 1. The Hall–Kier alpha value is -2.77. The van der Waals surface area contributed by atoms with Crippen molar-refractivity contribution in [3.05, 3.63) is 54.2 Å². The van der Waals surface area contributed by atoms with Gasteiger partial charge < -0.3 is 24.2 Å². The number of aromatic amines is 1. The molecule has 30 heavy (non-hydrogen) atoms. The fourth-order valence-electron chi connectivity index (χ4n) is 5.05. The average molecular weight is 424 g/mol. The maximum Gasteiger partial charge on any atom is 0.140 e. The molecule has 0 amide bonds. The van der Waals surface area contributed by atoms with Gasteiger partial charge in [-0.15, -0.1) is 0 Å². The SMILES string of the molecule is Clc1cc2c(NCC34CC(COc5ccc6nccn6c5)(CCO3)C4)ccnc2[nH]1. The number of hydrogen-bond acceptors (Lipinski definition) is 5. The van der Waals surface area contributed by atoms with Crippen molar-refractivity contribution in [3.63, 3.8) is 0 Å². The molecule has 1 saturated carbocycles. The second-order valence-electron chi connectivity index (χ2n) is 8.57. The van der Waals surface area contributed by atoms with E-state index in [1.165, 1.54) is 0 Å². The first-order valence-electron chi connectivity index (χ1n) is 10.2. The molecule has 8 heteroatoms. The molecule has 3 aliphatic rings. The Bertz CT molecular complexity index is 1230. The van der Waals surface area contributed by atoms with Crippen LogP contribution in [0.3, 0.4) is 0 Å². The summed E-state index contributed by atoms with van der Waals surface area (Å²) in [6.07, 6.45) is 10.5. The molecule has 2 aliphatic heterocycles. The molecule has 0 spiro atoms. The van der Waals surface area contributed by atoms with Crippen LogP contribution in [0.2, 0.25) is 5.15 Å². The maximum atomic E-state index is 6.21. The minimum absolute atomic E-state index is 0.133. The zero-order chi connectivity index (χ0) is 20.2. The number of hydrogen-bond donors (Lipinski definition) is 2. The second kappa shape index (κ2) is 6.62. The molecule has 2 saturated heterocycles. The monoisotopic (exact) mass is 423 g/mol. The summed E-state index contributed by atoms with van der Waals surface area (Å²) in [5.41, 5.74) is 2.79. The van der Waals surface area contributed by atoms with Crippen molar-refractivity contribution in [2.24, 2.45) is 5.41 Å². The third-order valence-electron chi connectivity index (χ3n) is 6.44. The van der Waals surface area contributed by atoms with Crippen LogP contribution >= 0.6 is 11.6 Å². The Morgan fingerprint density at radius 1 is 1.23 bits per heavy atom. The molecule has 7 nitrogen and oxygen atoms in total. The highest BCUT2D eigenvalue weighted by atomic mass is 35.5. The van der Waals surface area contributed by atoms with Crippen molar-refractivity contribution in [1.29, 1.82) is 0 Å². The summed E-state index contributed by atoms with van der Waals surface area (Å²) in [7, 11) is 0. The Balaban J connectivity index is 1.12. The first kappa shape index (κ1) is 18.0. The first-order valence-corrected chi connectivity index (χ1v) is 10.6. The second-order valence-corrected chi connectivity index (χ2v) is 8.98. The van der Waals surface area contributed by atoms with Crippen LogP contribution in [-0.2, 0) is 4.74 Å². The largest absolute Gasteiger partial charge is 0.491 e. The molecule has 0 unspecified atom stereocenters. The van der Waals surface area contributed by atoms with Crippen LogP contribution in [0.25, 0.3) is 16.7 Å². The Kier molecular flexibility index (Phi) is 3.98. The van der Waals surface area contributed by atoms with Gasteiger partial charge in [0.25, 0.3) is 0 Å². The van der Waals surface area contributed by atoms with Crippen molar-refractivity contribution in [2.75, 3.05) is 25.1 Å². The van der Waals surface area contributed by atoms with Gasteiger partial charge in [0, 0.05) is 48.2 Å². The quantitative estimate of drug-likeness (QED) is 0.483. The smallest absolute Gasteiger partial charge is 0.140 e. The zero-order valence-corrected chi connectivity index (χ0v) is 17.2. The number of aromatic nitrogens is 4. The van der Waals surface area contributed by atoms with Gasteiger partial charge in [-0.1, -0.05) is 11.6 Å². The summed E-state index contributed by atoms with van der Waals surface area (Å²) in [5.74, 6) is 0.875. The zero-order valence-electron chi connectivity index (χ0n) is 16.4. The summed E-state index contributed by atoms with van der Waals surface area (Å²) < 4.78 is 14.4. The van der Waals surface area contributed by atoms with Gasteiger partial charge >= 0.3 is 0 Å². The number of pyridine rings is 2. The van der Waals surface area contributed by atoms with Gasteiger partial charge in [-0.25, -0.2) is 9.97 Å². The molecule has 2 N–H and O–H groups in total. The van der Waals surface area contributed by atoms with Gasteiger partial charge in [-0.05, 0) is 43.5 Å². The van der Waals surface area contributed by atoms with Crippen molar-refractivity contribution in [2.45, 2.75) is 24.9 Å². The summed E-state index contributed by atoms with van der Waals surface area (Å²) in [5, 5.41) is 5.15. The van der Waals surface area contributed by atoms with E-state index in [4.69, 9.17) is 21.1 Å². The van der Waals surface area contributed by atoms with Gasteiger partial charge in [0.2, 0.25) is 0 Å². The molecular weight excluding hydrogens is 402 g/mol. The van der Waals surface area contributed by atoms with Crippen molar-refractivity contribution >= 4 is 34.0 Å². The number of fused-ring (bicyclic) bond motifs is 4. The Morgan fingerprint density at radius 3 is 3.10 bits per heavy atom. The van der Waals surface area contributed by atoms with E-state index in [0.29, 0.717) is 11.8 Å². The van der Waals surface area contributed by atoms with Crippen molar-refractivity contribution in [3.8, 4) is 5.75 Å². The lowest BCUT2D eigenvalue weighted by molar-refractivity contribution is -0.225. The van der Waals surface area contributed by atoms with Crippen LogP contribution in [0.5, 0.6) is 5.75 Å². The molecule has 2 bridgehead atoms. The van der Waals surface area contributed by atoms with E-state index >= 15 is 0 Å². The molecule has 154 valence electrons. The highest BCUT2D eigenvalue weighted by molar-refractivity contribution is 6.30. The van der Waals surface area contributed by atoms with Gasteiger partial charge in [-0.2, -0.15) is 0 Å². The molecule has 3 fully saturated rings. The number of nitrogens with zero attached hydrogens (tertiary/aromatic N) is 3. The molecule has 0 aromatic carbocycles. The van der Waals surface area contributed by atoms with Crippen LogP contribution in [0.4, 0.5) is 5.69 Å². The Labute approximate surface area is 178 Å². The number of imidazole rings is 1. The van der Waals surface area contributed by atoms with Crippen molar-refractivity contribution in [1.82, 2.24) is 19.4 Å². The van der Waals surface area contributed by atoms with Crippen LogP contribution in [0.1, 0.15) is 19.3 Å². The normalized spacial score (nSPS) is 25.4.